The Bertz CT molecular complexity index is 341. The number of nitrogens with zero attached hydrogens (tertiary/aromatic N) is 2. The van der Waals surface area contributed by atoms with E-state index in [-0.39, 0.29) is 0 Å². The molecule has 1 aromatic rings. The smallest absolute Gasteiger partial charge is 0.0659 e. The zero-order chi connectivity index (χ0) is 10.7. The second kappa shape index (κ2) is 4.58. The van der Waals surface area contributed by atoms with Crippen LogP contribution in [0.15, 0.2) is 30.5 Å². The molecule has 2 heteroatoms. The van der Waals surface area contributed by atoms with E-state index in [2.05, 4.69) is 41.9 Å². The average Bonchev–Trinajstić information content (AvgIpc) is 2.30. The summed E-state index contributed by atoms with van der Waals surface area (Å²) in [6.07, 6.45) is 5.30. The van der Waals surface area contributed by atoms with Crippen molar-refractivity contribution in [3.63, 3.8) is 0 Å². The first-order chi connectivity index (χ1) is 7.27. The predicted octanol–water partition coefficient (Wildman–Crippen LogP) is 2.58. The number of hydrogen-bond acceptors (Lipinski definition) is 2. The van der Waals surface area contributed by atoms with Crippen molar-refractivity contribution in [1.82, 2.24) is 9.88 Å². The fraction of sp³-hybridized carbons (Fsp3) is 0.462. The average molecular weight is 202 g/mol. The van der Waals surface area contributed by atoms with E-state index in [4.69, 9.17) is 0 Å². The lowest BCUT2D eigenvalue weighted by molar-refractivity contribution is 0.245. The van der Waals surface area contributed by atoms with Crippen LogP contribution in [0.1, 0.15) is 26.0 Å². The first-order valence-electron chi connectivity index (χ1n) is 5.62. The second-order valence-electron chi connectivity index (χ2n) is 4.28. The fourth-order valence-corrected chi connectivity index (χ4v) is 1.94. The normalized spacial score (nSPS) is 17.9. The van der Waals surface area contributed by atoms with Gasteiger partial charge in [0.25, 0.3) is 0 Å². The highest BCUT2D eigenvalue weighted by Crippen LogP contribution is 2.20. The molecule has 80 valence electrons. The van der Waals surface area contributed by atoms with Crippen LogP contribution in [0.25, 0.3) is 5.57 Å². The van der Waals surface area contributed by atoms with E-state index in [1.54, 1.807) is 0 Å². The van der Waals surface area contributed by atoms with Gasteiger partial charge in [-0.3, -0.25) is 9.88 Å². The first-order valence-corrected chi connectivity index (χ1v) is 5.62. The van der Waals surface area contributed by atoms with E-state index in [0.29, 0.717) is 6.04 Å². The van der Waals surface area contributed by atoms with Gasteiger partial charge in [0.2, 0.25) is 0 Å². The molecule has 0 spiro atoms. The van der Waals surface area contributed by atoms with Gasteiger partial charge >= 0.3 is 0 Å². The third-order valence-corrected chi connectivity index (χ3v) is 2.96. The molecule has 0 saturated carbocycles. The Morgan fingerprint density at radius 2 is 2.20 bits per heavy atom. The number of rotatable bonds is 2. The lowest BCUT2D eigenvalue weighted by Crippen LogP contribution is -2.34. The van der Waals surface area contributed by atoms with Crippen LogP contribution in [0, 0.1) is 0 Å². The molecule has 0 amide bonds. The Hall–Kier alpha value is -1.15. The van der Waals surface area contributed by atoms with Crippen LogP contribution < -0.4 is 0 Å². The minimum atomic E-state index is 0.645. The molecule has 0 aromatic carbocycles. The third kappa shape index (κ3) is 2.45. The van der Waals surface area contributed by atoms with Gasteiger partial charge in [-0.2, -0.15) is 0 Å². The highest BCUT2D eigenvalue weighted by molar-refractivity contribution is 5.63. The van der Waals surface area contributed by atoms with Gasteiger partial charge in [-0.05, 0) is 38.0 Å². The summed E-state index contributed by atoms with van der Waals surface area (Å²) < 4.78 is 0. The summed E-state index contributed by atoms with van der Waals surface area (Å²) in [6.45, 7) is 6.71. The van der Waals surface area contributed by atoms with E-state index in [9.17, 15) is 0 Å². The van der Waals surface area contributed by atoms with Crippen LogP contribution in [-0.2, 0) is 0 Å². The molecular weight excluding hydrogens is 184 g/mol. The van der Waals surface area contributed by atoms with Gasteiger partial charge in [-0.15, -0.1) is 0 Å². The van der Waals surface area contributed by atoms with Gasteiger partial charge in [0, 0.05) is 25.3 Å². The molecule has 1 aromatic heterocycles. The molecule has 2 heterocycles. The molecule has 0 N–H and O–H groups in total. The van der Waals surface area contributed by atoms with Crippen molar-refractivity contribution in [2.24, 2.45) is 0 Å². The maximum absolute atomic E-state index is 4.39. The highest BCUT2D eigenvalue weighted by Gasteiger charge is 2.15. The summed E-state index contributed by atoms with van der Waals surface area (Å²) in [6, 6.07) is 6.76. The zero-order valence-corrected chi connectivity index (χ0v) is 9.48. The maximum atomic E-state index is 4.39. The van der Waals surface area contributed by atoms with E-state index in [1.807, 2.05) is 12.3 Å². The molecule has 2 rings (SSSR count). The molecule has 2 nitrogen and oxygen atoms in total. The van der Waals surface area contributed by atoms with Crippen molar-refractivity contribution in [2.75, 3.05) is 13.1 Å². The standard InChI is InChI=1S/C13H18N2/c1-11(2)15-9-6-12(7-10-15)13-5-3-4-8-14-13/h3-6,8,11H,7,9-10H2,1-2H3. The van der Waals surface area contributed by atoms with E-state index in [0.717, 1.165) is 25.2 Å². The Morgan fingerprint density at radius 1 is 1.33 bits per heavy atom. The highest BCUT2D eigenvalue weighted by atomic mass is 15.1. The molecular formula is C13H18N2. The molecule has 1 aliphatic rings. The van der Waals surface area contributed by atoms with E-state index < -0.39 is 0 Å². The zero-order valence-electron chi connectivity index (χ0n) is 9.48. The number of aromatic nitrogens is 1. The molecule has 0 aliphatic carbocycles. The van der Waals surface area contributed by atoms with Crippen molar-refractivity contribution in [3.05, 3.63) is 36.2 Å². The molecule has 0 radical (unpaired) electrons. The Morgan fingerprint density at radius 3 is 2.73 bits per heavy atom. The maximum Gasteiger partial charge on any atom is 0.0659 e. The largest absolute Gasteiger partial charge is 0.297 e. The predicted molar refractivity (Wildman–Crippen MR) is 63.5 cm³/mol. The summed E-state index contributed by atoms with van der Waals surface area (Å²) >= 11 is 0. The Balaban J connectivity index is 2.09. The summed E-state index contributed by atoms with van der Waals surface area (Å²) in [5, 5.41) is 0. The van der Waals surface area contributed by atoms with Crippen molar-refractivity contribution < 1.29 is 0 Å². The molecule has 0 unspecified atom stereocenters. The van der Waals surface area contributed by atoms with Gasteiger partial charge in [-0.25, -0.2) is 0 Å². The molecule has 0 atom stereocenters. The quantitative estimate of drug-likeness (QED) is 0.732. The lowest BCUT2D eigenvalue weighted by Gasteiger charge is -2.29. The minimum absolute atomic E-state index is 0.645. The van der Waals surface area contributed by atoms with Crippen LogP contribution in [0.3, 0.4) is 0 Å². The monoisotopic (exact) mass is 202 g/mol. The van der Waals surface area contributed by atoms with Crippen LogP contribution in [0.4, 0.5) is 0 Å². The van der Waals surface area contributed by atoms with Crippen molar-refractivity contribution in [2.45, 2.75) is 26.3 Å². The van der Waals surface area contributed by atoms with Crippen LogP contribution in [-0.4, -0.2) is 29.0 Å². The van der Waals surface area contributed by atoms with Gasteiger partial charge in [-0.1, -0.05) is 12.1 Å². The van der Waals surface area contributed by atoms with Crippen molar-refractivity contribution in [1.29, 1.82) is 0 Å². The van der Waals surface area contributed by atoms with Crippen LogP contribution in [0.5, 0.6) is 0 Å². The third-order valence-electron chi connectivity index (χ3n) is 2.96. The fourth-order valence-electron chi connectivity index (χ4n) is 1.94. The number of pyridine rings is 1. The SMILES string of the molecule is CC(C)N1CC=C(c2ccccn2)CC1. The summed E-state index contributed by atoms with van der Waals surface area (Å²) in [7, 11) is 0. The second-order valence-corrected chi connectivity index (χ2v) is 4.28. The summed E-state index contributed by atoms with van der Waals surface area (Å²) in [5.41, 5.74) is 2.54. The van der Waals surface area contributed by atoms with Crippen molar-refractivity contribution >= 4 is 5.57 Å². The molecule has 1 aliphatic heterocycles. The summed E-state index contributed by atoms with van der Waals surface area (Å²) in [5.74, 6) is 0. The topological polar surface area (TPSA) is 16.1 Å². The summed E-state index contributed by atoms with van der Waals surface area (Å²) in [4.78, 5) is 6.86. The molecule has 0 bridgehead atoms. The Labute approximate surface area is 91.6 Å². The van der Waals surface area contributed by atoms with Gasteiger partial charge in [0.15, 0.2) is 0 Å². The van der Waals surface area contributed by atoms with Gasteiger partial charge in [0.1, 0.15) is 0 Å². The lowest BCUT2D eigenvalue weighted by atomic mass is 10.0. The first kappa shape index (κ1) is 10.4. The molecule has 15 heavy (non-hydrogen) atoms. The van der Waals surface area contributed by atoms with Crippen molar-refractivity contribution in [3.8, 4) is 0 Å². The van der Waals surface area contributed by atoms with E-state index in [1.165, 1.54) is 5.57 Å². The van der Waals surface area contributed by atoms with Gasteiger partial charge < -0.3 is 0 Å². The van der Waals surface area contributed by atoms with E-state index >= 15 is 0 Å². The Kier molecular flexibility index (Phi) is 3.17. The number of hydrogen-bond donors (Lipinski definition) is 0. The van der Waals surface area contributed by atoms with Crippen LogP contribution >= 0.6 is 0 Å². The molecule has 0 saturated heterocycles. The molecule has 0 fully saturated rings. The van der Waals surface area contributed by atoms with Gasteiger partial charge in [0.05, 0.1) is 5.69 Å². The minimum Gasteiger partial charge on any atom is -0.297 e. The van der Waals surface area contributed by atoms with Crippen LogP contribution in [0.2, 0.25) is 0 Å².